The minimum Gasteiger partial charge on any atom is -0.345 e. The second-order valence-electron chi connectivity index (χ2n) is 4.71. The maximum absolute atomic E-state index is 12.2. The molecule has 2 N–H and O–H groups in total. The Morgan fingerprint density at radius 2 is 2.05 bits per heavy atom. The Bertz CT molecular complexity index is 1080. The lowest BCUT2D eigenvalue weighted by atomic mass is 10.2. The molecule has 2 aromatic carbocycles. The van der Waals surface area contributed by atoms with Gasteiger partial charge in [-0.2, -0.15) is 5.26 Å². The molecule has 0 atom stereocenters. The van der Waals surface area contributed by atoms with Crippen LogP contribution in [0.4, 0.5) is 0 Å². The van der Waals surface area contributed by atoms with Crippen molar-refractivity contribution in [3.8, 4) is 11.8 Å². The molecule has 0 saturated heterocycles. The van der Waals surface area contributed by atoms with Crippen LogP contribution < -0.4 is 5.69 Å². The highest BCUT2D eigenvalue weighted by molar-refractivity contribution is 5.81. The zero-order chi connectivity index (χ0) is 14.4. The fourth-order valence-corrected chi connectivity index (χ4v) is 2.50. The van der Waals surface area contributed by atoms with Gasteiger partial charge in [-0.15, -0.1) is 0 Å². The molecule has 0 bridgehead atoms. The van der Waals surface area contributed by atoms with Crippen molar-refractivity contribution in [2.75, 3.05) is 0 Å². The molecule has 0 radical (unpaired) electrons. The zero-order valence-corrected chi connectivity index (χ0v) is 10.8. The fraction of sp³-hybridized carbons (Fsp3) is 0. The maximum atomic E-state index is 12.2. The van der Waals surface area contributed by atoms with Gasteiger partial charge in [0.25, 0.3) is 0 Å². The van der Waals surface area contributed by atoms with Crippen molar-refractivity contribution in [3.05, 3.63) is 58.8 Å². The van der Waals surface area contributed by atoms with E-state index >= 15 is 0 Å². The summed E-state index contributed by atoms with van der Waals surface area (Å²) in [6, 6.07) is 12.8. The highest BCUT2D eigenvalue weighted by atomic mass is 16.1. The van der Waals surface area contributed by atoms with Crippen LogP contribution in [0.3, 0.4) is 0 Å². The van der Waals surface area contributed by atoms with E-state index in [0.29, 0.717) is 11.1 Å². The molecule has 2 aromatic heterocycles. The SMILES string of the molecule is N#Cc1ccc2c(c1)[nH]c(=O)n2-c1ccc2nc[nH]c2c1. The number of nitriles is 1. The van der Waals surface area contributed by atoms with E-state index in [0.717, 1.165) is 22.2 Å². The van der Waals surface area contributed by atoms with E-state index in [4.69, 9.17) is 5.26 Å². The molecule has 0 unspecified atom stereocenters. The number of aromatic amines is 2. The van der Waals surface area contributed by atoms with Gasteiger partial charge in [-0.1, -0.05) is 0 Å². The zero-order valence-electron chi connectivity index (χ0n) is 10.8. The predicted molar refractivity (Wildman–Crippen MR) is 78.3 cm³/mol. The monoisotopic (exact) mass is 275 g/mol. The molecule has 0 spiro atoms. The van der Waals surface area contributed by atoms with Gasteiger partial charge in [-0.05, 0) is 36.4 Å². The number of benzene rings is 2. The van der Waals surface area contributed by atoms with Crippen LogP contribution in [0.1, 0.15) is 5.56 Å². The average molecular weight is 275 g/mol. The molecule has 0 fully saturated rings. The van der Waals surface area contributed by atoms with Crippen molar-refractivity contribution in [1.29, 1.82) is 5.26 Å². The van der Waals surface area contributed by atoms with Crippen molar-refractivity contribution in [2.24, 2.45) is 0 Å². The van der Waals surface area contributed by atoms with Gasteiger partial charge in [0.1, 0.15) is 0 Å². The summed E-state index contributed by atoms with van der Waals surface area (Å²) in [5.41, 5.74) is 4.11. The number of imidazole rings is 2. The number of nitrogens with one attached hydrogen (secondary N) is 2. The van der Waals surface area contributed by atoms with Crippen LogP contribution in [0.25, 0.3) is 27.8 Å². The highest BCUT2D eigenvalue weighted by Crippen LogP contribution is 2.19. The number of hydrogen-bond acceptors (Lipinski definition) is 3. The summed E-state index contributed by atoms with van der Waals surface area (Å²) < 4.78 is 1.58. The lowest BCUT2D eigenvalue weighted by molar-refractivity contribution is 1.02. The summed E-state index contributed by atoms with van der Waals surface area (Å²) >= 11 is 0. The van der Waals surface area contributed by atoms with Gasteiger partial charge in [0.15, 0.2) is 0 Å². The Kier molecular flexibility index (Phi) is 2.23. The first kappa shape index (κ1) is 11.5. The Morgan fingerprint density at radius 3 is 2.90 bits per heavy atom. The molecule has 0 amide bonds. The Labute approximate surface area is 118 Å². The van der Waals surface area contributed by atoms with Crippen LogP contribution in [0.5, 0.6) is 0 Å². The first-order valence-electron chi connectivity index (χ1n) is 6.35. The molecule has 2 heterocycles. The van der Waals surface area contributed by atoms with Crippen molar-refractivity contribution in [1.82, 2.24) is 19.5 Å². The topological polar surface area (TPSA) is 90.3 Å². The maximum Gasteiger partial charge on any atom is 0.331 e. The third-order valence-electron chi connectivity index (χ3n) is 3.47. The fourth-order valence-electron chi connectivity index (χ4n) is 2.50. The number of H-pyrrole nitrogens is 2. The van der Waals surface area contributed by atoms with Crippen molar-refractivity contribution < 1.29 is 0 Å². The van der Waals surface area contributed by atoms with E-state index in [1.807, 2.05) is 18.2 Å². The van der Waals surface area contributed by atoms with Crippen LogP contribution >= 0.6 is 0 Å². The molecule has 0 aliphatic rings. The molecule has 4 aromatic rings. The third-order valence-corrected chi connectivity index (χ3v) is 3.47. The summed E-state index contributed by atoms with van der Waals surface area (Å²) in [7, 11) is 0. The van der Waals surface area contributed by atoms with Crippen molar-refractivity contribution in [3.63, 3.8) is 0 Å². The minimum absolute atomic E-state index is 0.237. The van der Waals surface area contributed by atoms with E-state index in [2.05, 4.69) is 21.0 Å². The molecule has 100 valence electrons. The van der Waals surface area contributed by atoms with E-state index in [9.17, 15) is 4.79 Å². The molecule has 0 aliphatic heterocycles. The smallest absolute Gasteiger partial charge is 0.331 e. The molecule has 0 aliphatic carbocycles. The normalized spacial score (nSPS) is 11.0. The first-order valence-corrected chi connectivity index (χ1v) is 6.35. The predicted octanol–water partition coefficient (Wildman–Crippen LogP) is 2.07. The van der Waals surface area contributed by atoms with Gasteiger partial charge in [0.05, 0.1) is 45.7 Å². The molecule has 6 nitrogen and oxygen atoms in total. The second kappa shape index (κ2) is 4.08. The van der Waals surface area contributed by atoms with Gasteiger partial charge in [0.2, 0.25) is 0 Å². The second-order valence-corrected chi connectivity index (χ2v) is 4.71. The number of fused-ring (bicyclic) bond motifs is 2. The van der Waals surface area contributed by atoms with Gasteiger partial charge in [0, 0.05) is 0 Å². The van der Waals surface area contributed by atoms with Gasteiger partial charge in [-0.25, -0.2) is 9.78 Å². The molecular formula is C15H9N5O. The van der Waals surface area contributed by atoms with Gasteiger partial charge < -0.3 is 9.97 Å². The standard InChI is InChI=1S/C15H9N5O/c16-7-9-1-4-14-13(5-9)19-15(21)20(14)10-2-3-11-12(6-10)18-8-17-11/h1-6,8H,(H,17,18)(H,19,21). The van der Waals surface area contributed by atoms with Crippen molar-refractivity contribution >= 4 is 22.1 Å². The Balaban J connectivity index is 2.03. The molecule has 4 rings (SSSR count). The largest absolute Gasteiger partial charge is 0.345 e. The minimum atomic E-state index is -0.237. The number of aromatic nitrogens is 4. The van der Waals surface area contributed by atoms with Crippen LogP contribution in [0, 0.1) is 11.3 Å². The van der Waals surface area contributed by atoms with Crippen LogP contribution in [-0.4, -0.2) is 19.5 Å². The summed E-state index contributed by atoms with van der Waals surface area (Å²) in [5.74, 6) is 0. The quantitative estimate of drug-likeness (QED) is 0.557. The number of rotatable bonds is 1. The van der Waals surface area contributed by atoms with E-state index in [-0.39, 0.29) is 5.69 Å². The molecule has 21 heavy (non-hydrogen) atoms. The average Bonchev–Trinajstić information content (AvgIpc) is 3.08. The molecule has 0 saturated carbocycles. The summed E-state index contributed by atoms with van der Waals surface area (Å²) in [5, 5.41) is 8.93. The van der Waals surface area contributed by atoms with E-state index < -0.39 is 0 Å². The van der Waals surface area contributed by atoms with E-state index in [1.165, 1.54) is 0 Å². The summed E-state index contributed by atoms with van der Waals surface area (Å²) in [6.45, 7) is 0. The van der Waals surface area contributed by atoms with Crippen LogP contribution in [0.2, 0.25) is 0 Å². The lowest BCUT2D eigenvalue weighted by Crippen LogP contribution is -2.14. The third kappa shape index (κ3) is 1.65. The highest BCUT2D eigenvalue weighted by Gasteiger charge is 2.10. The van der Waals surface area contributed by atoms with Gasteiger partial charge >= 0.3 is 5.69 Å². The summed E-state index contributed by atoms with van der Waals surface area (Å²) in [4.78, 5) is 22.2. The lowest BCUT2D eigenvalue weighted by Gasteiger charge is -2.03. The Morgan fingerprint density at radius 1 is 1.14 bits per heavy atom. The van der Waals surface area contributed by atoms with Crippen molar-refractivity contribution in [2.45, 2.75) is 0 Å². The molecular weight excluding hydrogens is 266 g/mol. The van der Waals surface area contributed by atoms with Crippen LogP contribution in [-0.2, 0) is 0 Å². The number of hydrogen-bond donors (Lipinski definition) is 2. The van der Waals surface area contributed by atoms with E-state index in [1.54, 1.807) is 29.1 Å². The molecule has 6 heteroatoms. The van der Waals surface area contributed by atoms with Crippen LogP contribution in [0.15, 0.2) is 47.5 Å². The summed E-state index contributed by atoms with van der Waals surface area (Å²) in [6.07, 6.45) is 1.62. The number of nitrogens with zero attached hydrogens (tertiary/aromatic N) is 3. The Hall–Kier alpha value is -3.33. The first-order chi connectivity index (χ1) is 10.3. The van der Waals surface area contributed by atoms with Gasteiger partial charge in [-0.3, -0.25) is 4.57 Å².